The first kappa shape index (κ1) is 13.6. The number of rotatable bonds is 1. The lowest BCUT2D eigenvalue weighted by molar-refractivity contribution is 0.641. The summed E-state index contributed by atoms with van der Waals surface area (Å²) in [7, 11) is 1.93. The molecule has 4 nitrogen and oxygen atoms in total. The summed E-state index contributed by atoms with van der Waals surface area (Å²) in [6.07, 6.45) is 3.76. The normalized spacial score (nSPS) is 17.8. The molecule has 22 heavy (non-hydrogen) atoms. The maximum absolute atomic E-state index is 6.14. The molecule has 3 heterocycles. The van der Waals surface area contributed by atoms with E-state index < -0.39 is 0 Å². The lowest BCUT2D eigenvalue weighted by Gasteiger charge is -2.35. The van der Waals surface area contributed by atoms with E-state index in [1.165, 1.54) is 16.8 Å². The third-order valence-electron chi connectivity index (χ3n) is 4.45. The Balaban J connectivity index is 1.79. The third-order valence-corrected chi connectivity index (χ3v) is 4.68. The molecule has 0 aliphatic carbocycles. The predicted molar refractivity (Wildman–Crippen MR) is 89.4 cm³/mol. The first-order chi connectivity index (χ1) is 10.6. The van der Waals surface area contributed by atoms with E-state index in [1.807, 2.05) is 30.2 Å². The Hall–Kier alpha value is -2.07. The molecule has 5 heteroatoms. The Morgan fingerprint density at radius 2 is 2.14 bits per heavy atom. The molecular weight excluding hydrogens is 296 g/mol. The molecule has 0 amide bonds. The van der Waals surface area contributed by atoms with Gasteiger partial charge in [0.1, 0.15) is 0 Å². The van der Waals surface area contributed by atoms with Gasteiger partial charge in [-0.3, -0.25) is 4.68 Å². The van der Waals surface area contributed by atoms with Crippen molar-refractivity contribution in [1.29, 1.82) is 0 Å². The van der Waals surface area contributed by atoms with Crippen LogP contribution in [0.2, 0.25) is 5.02 Å². The Morgan fingerprint density at radius 3 is 3.00 bits per heavy atom. The summed E-state index contributed by atoms with van der Waals surface area (Å²) in [6, 6.07) is 8.30. The van der Waals surface area contributed by atoms with Crippen LogP contribution in [-0.2, 0) is 13.6 Å². The van der Waals surface area contributed by atoms with E-state index in [9.17, 15) is 0 Å². The number of benzene rings is 1. The summed E-state index contributed by atoms with van der Waals surface area (Å²) in [4.78, 5) is 6.84. The number of anilines is 1. The molecule has 2 aromatic heterocycles. The van der Waals surface area contributed by atoms with Crippen LogP contribution in [0.15, 0.2) is 36.7 Å². The zero-order chi connectivity index (χ0) is 15.3. The SMILES string of the molecule is C[C@H]1CN(c2ccnc3c2cnn3C)Cc2ccc(Cl)cc21. The Bertz CT molecular complexity index is 855. The summed E-state index contributed by atoms with van der Waals surface area (Å²) in [6.45, 7) is 4.12. The van der Waals surface area contributed by atoms with Gasteiger partial charge in [-0.05, 0) is 35.2 Å². The van der Waals surface area contributed by atoms with E-state index >= 15 is 0 Å². The molecule has 0 saturated carbocycles. The molecule has 0 bridgehead atoms. The number of nitrogens with zero attached hydrogens (tertiary/aromatic N) is 4. The number of aromatic nitrogens is 3. The van der Waals surface area contributed by atoms with Crippen molar-refractivity contribution in [3.63, 3.8) is 0 Å². The van der Waals surface area contributed by atoms with E-state index in [4.69, 9.17) is 11.6 Å². The molecule has 0 radical (unpaired) electrons. The van der Waals surface area contributed by atoms with Gasteiger partial charge in [0, 0.05) is 31.4 Å². The highest BCUT2D eigenvalue weighted by molar-refractivity contribution is 6.30. The second-order valence-corrected chi connectivity index (χ2v) is 6.40. The van der Waals surface area contributed by atoms with Crippen LogP contribution in [0.25, 0.3) is 11.0 Å². The number of aryl methyl sites for hydroxylation is 1. The number of pyridine rings is 1. The second kappa shape index (κ2) is 4.99. The van der Waals surface area contributed by atoms with Gasteiger partial charge in [-0.1, -0.05) is 24.6 Å². The summed E-state index contributed by atoms with van der Waals surface area (Å²) < 4.78 is 1.82. The van der Waals surface area contributed by atoms with E-state index in [2.05, 4.69) is 40.1 Å². The van der Waals surface area contributed by atoms with Crippen molar-refractivity contribution in [3.8, 4) is 0 Å². The summed E-state index contributed by atoms with van der Waals surface area (Å²) >= 11 is 6.14. The van der Waals surface area contributed by atoms with Gasteiger partial charge in [0.05, 0.1) is 17.3 Å². The Morgan fingerprint density at radius 1 is 1.27 bits per heavy atom. The van der Waals surface area contributed by atoms with Gasteiger partial charge < -0.3 is 4.90 Å². The zero-order valence-electron chi connectivity index (χ0n) is 12.6. The summed E-state index contributed by atoms with van der Waals surface area (Å²) in [5, 5.41) is 6.26. The van der Waals surface area contributed by atoms with Crippen LogP contribution in [0.4, 0.5) is 5.69 Å². The standard InChI is InChI=1S/C17H17ClN4/c1-11-9-22(10-12-3-4-13(18)7-14(11)12)16-5-6-19-17-15(16)8-20-21(17)2/h3-8,11H,9-10H2,1-2H3/t11-/m0/s1. The first-order valence-corrected chi connectivity index (χ1v) is 7.81. The molecule has 1 aliphatic heterocycles. The minimum atomic E-state index is 0.447. The van der Waals surface area contributed by atoms with Crippen molar-refractivity contribution in [1.82, 2.24) is 14.8 Å². The zero-order valence-corrected chi connectivity index (χ0v) is 13.4. The van der Waals surface area contributed by atoms with Crippen molar-refractivity contribution in [3.05, 3.63) is 52.8 Å². The summed E-state index contributed by atoms with van der Waals surface area (Å²) in [5.41, 5.74) is 4.83. The van der Waals surface area contributed by atoms with E-state index in [1.54, 1.807) is 0 Å². The monoisotopic (exact) mass is 312 g/mol. The molecule has 0 spiro atoms. The van der Waals surface area contributed by atoms with Crippen LogP contribution in [0.1, 0.15) is 24.0 Å². The lowest BCUT2D eigenvalue weighted by atomic mass is 9.91. The number of halogens is 1. The van der Waals surface area contributed by atoms with Crippen molar-refractivity contribution >= 4 is 28.3 Å². The number of hydrogen-bond donors (Lipinski definition) is 0. The Labute approximate surface area is 134 Å². The van der Waals surface area contributed by atoms with E-state index in [-0.39, 0.29) is 0 Å². The first-order valence-electron chi connectivity index (χ1n) is 7.43. The average molecular weight is 313 g/mol. The smallest absolute Gasteiger partial charge is 0.159 e. The minimum Gasteiger partial charge on any atom is -0.366 e. The number of hydrogen-bond acceptors (Lipinski definition) is 3. The van der Waals surface area contributed by atoms with Crippen LogP contribution < -0.4 is 4.90 Å². The highest BCUT2D eigenvalue weighted by atomic mass is 35.5. The molecule has 0 N–H and O–H groups in total. The highest BCUT2D eigenvalue weighted by Gasteiger charge is 2.24. The third kappa shape index (κ3) is 2.06. The second-order valence-electron chi connectivity index (χ2n) is 5.96. The van der Waals surface area contributed by atoms with E-state index in [0.717, 1.165) is 29.1 Å². The van der Waals surface area contributed by atoms with Crippen molar-refractivity contribution in [2.24, 2.45) is 7.05 Å². The van der Waals surface area contributed by atoms with Crippen LogP contribution in [0.5, 0.6) is 0 Å². The maximum atomic E-state index is 6.14. The van der Waals surface area contributed by atoms with Crippen molar-refractivity contribution < 1.29 is 0 Å². The topological polar surface area (TPSA) is 34.0 Å². The summed E-state index contributed by atoms with van der Waals surface area (Å²) in [5.74, 6) is 0.447. The molecule has 1 aromatic carbocycles. The van der Waals surface area contributed by atoms with Crippen LogP contribution in [-0.4, -0.2) is 21.3 Å². The maximum Gasteiger partial charge on any atom is 0.159 e. The van der Waals surface area contributed by atoms with Gasteiger partial charge in [0.15, 0.2) is 5.65 Å². The number of fused-ring (bicyclic) bond motifs is 2. The molecule has 0 saturated heterocycles. The van der Waals surface area contributed by atoms with Gasteiger partial charge in [-0.15, -0.1) is 0 Å². The minimum absolute atomic E-state index is 0.447. The molecular formula is C17H17ClN4. The fourth-order valence-electron chi connectivity index (χ4n) is 3.36. The molecule has 0 fully saturated rings. The predicted octanol–water partition coefficient (Wildman–Crippen LogP) is 3.75. The van der Waals surface area contributed by atoms with Crippen LogP contribution in [0.3, 0.4) is 0 Å². The van der Waals surface area contributed by atoms with E-state index in [0.29, 0.717) is 5.92 Å². The molecule has 3 aromatic rings. The van der Waals surface area contributed by atoms with Gasteiger partial charge in [-0.25, -0.2) is 4.98 Å². The fraction of sp³-hybridized carbons (Fsp3) is 0.294. The molecule has 4 rings (SSSR count). The lowest BCUT2D eigenvalue weighted by Crippen LogP contribution is -2.32. The largest absolute Gasteiger partial charge is 0.366 e. The fourth-order valence-corrected chi connectivity index (χ4v) is 3.54. The molecule has 1 aliphatic rings. The molecule has 0 unspecified atom stereocenters. The molecule has 1 atom stereocenters. The van der Waals surface area contributed by atoms with Crippen LogP contribution >= 0.6 is 11.6 Å². The van der Waals surface area contributed by atoms with Gasteiger partial charge in [0.25, 0.3) is 0 Å². The van der Waals surface area contributed by atoms with Crippen molar-refractivity contribution in [2.75, 3.05) is 11.4 Å². The Kier molecular flexibility index (Phi) is 3.08. The highest BCUT2D eigenvalue weighted by Crippen LogP contribution is 2.35. The average Bonchev–Trinajstić information content (AvgIpc) is 2.89. The van der Waals surface area contributed by atoms with Gasteiger partial charge >= 0.3 is 0 Å². The molecule has 112 valence electrons. The quantitative estimate of drug-likeness (QED) is 0.686. The van der Waals surface area contributed by atoms with Crippen molar-refractivity contribution in [2.45, 2.75) is 19.4 Å². The van der Waals surface area contributed by atoms with Gasteiger partial charge in [-0.2, -0.15) is 5.10 Å². The van der Waals surface area contributed by atoms with Crippen LogP contribution in [0, 0.1) is 0 Å². The van der Waals surface area contributed by atoms with Gasteiger partial charge in [0.2, 0.25) is 0 Å².